The van der Waals surface area contributed by atoms with E-state index in [1.807, 2.05) is 13.0 Å². The number of hydrogen-bond donors (Lipinski definition) is 2. The van der Waals surface area contributed by atoms with E-state index in [4.69, 9.17) is 15.1 Å². The molecule has 0 radical (unpaired) electrons. The molecule has 1 unspecified atom stereocenters. The molecule has 0 aromatic heterocycles. The fourth-order valence-electron chi connectivity index (χ4n) is 1.87. The number of rotatable bonds is 9. The Labute approximate surface area is 120 Å². The van der Waals surface area contributed by atoms with E-state index in [1.165, 1.54) is 0 Å². The Morgan fingerprint density at radius 1 is 1.45 bits per heavy atom. The van der Waals surface area contributed by atoms with Crippen molar-refractivity contribution in [1.82, 2.24) is 4.90 Å². The largest absolute Gasteiger partial charge is 0.491 e. The van der Waals surface area contributed by atoms with Gasteiger partial charge >= 0.3 is 0 Å². The van der Waals surface area contributed by atoms with Crippen LogP contribution in [0.3, 0.4) is 0 Å². The first-order chi connectivity index (χ1) is 9.69. The Hall–Kier alpha value is -1.61. The van der Waals surface area contributed by atoms with Gasteiger partial charge in [-0.1, -0.05) is 13.0 Å². The summed E-state index contributed by atoms with van der Waals surface area (Å²) in [6.07, 6.45) is 0.102. The number of nitrogens with zero attached hydrogens (tertiary/aromatic N) is 2. The summed E-state index contributed by atoms with van der Waals surface area (Å²) in [6.45, 7) is 4.44. The molecule has 20 heavy (non-hydrogen) atoms. The maximum Gasteiger partial charge on any atom is 0.120 e. The van der Waals surface area contributed by atoms with Gasteiger partial charge < -0.3 is 19.8 Å². The van der Waals surface area contributed by atoms with Crippen molar-refractivity contribution in [3.8, 4) is 11.8 Å². The number of benzene rings is 1. The van der Waals surface area contributed by atoms with Crippen molar-refractivity contribution in [3.05, 3.63) is 29.8 Å². The zero-order valence-corrected chi connectivity index (χ0v) is 11.8. The lowest BCUT2D eigenvalue weighted by Gasteiger charge is -2.23. The summed E-state index contributed by atoms with van der Waals surface area (Å²) in [7, 11) is 0. The van der Waals surface area contributed by atoms with Gasteiger partial charge in [0.15, 0.2) is 0 Å². The monoisotopic (exact) mass is 278 g/mol. The van der Waals surface area contributed by atoms with Crippen molar-refractivity contribution in [3.63, 3.8) is 0 Å². The van der Waals surface area contributed by atoms with Gasteiger partial charge in [0.2, 0.25) is 0 Å². The lowest BCUT2D eigenvalue weighted by Crippen LogP contribution is -2.36. The predicted octanol–water partition coefficient (Wildman–Crippen LogP) is 1.00. The van der Waals surface area contributed by atoms with E-state index >= 15 is 0 Å². The first kappa shape index (κ1) is 16.4. The highest BCUT2D eigenvalue weighted by molar-refractivity contribution is 5.36. The molecular weight excluding hydrogens is 256 g/mol. The molecule has 0 aliphatic rings. The van der Waals surface area contributed by atoms with Gasteiger partial charge in [0.05, 0.1) is 11.6 Å². The Bertz CT molecular complexity index is 431. The average molecular weight is 278 g/mol. The predicted molar refractivity (Wildman–Crippen MR) is 76.5 cm³/mol. The summed E-state index contributed by atoms with van der Waals surface area (Å²) in [5, 5.41) is 27.5. The molecule has 0 aliphatic carbocycles. The van der Waals surface area contributed by atoms with Gasteiger partial charge in [-0.25, -0.2) is 0 Å². The smallest absolute Gasteiger partial charge is 0.120 e. The Kier molecular flexibility index (Phi) is 7.66. The molecule has 1 rings (SSSR count). The van der Waals surface area contributed by atoms with Crippen LogP contribution in [0, 0.1) is 11.3 Å². The molecule has 0 aliphatic heterocycles. The zero-order chi connectivity index (χ0) is 14.8. The van der Waals surface area contributed by atoms with E-state index in [0.29, 0.717) is 24.3 Å². The summed E-state index contributed by atoms with van der Waals surface area (Å²) < 4.78 is 5.48. The number of hydrogen-bond acceptors (Lipinski definition) is 5. The van der Waals surface area contributed by atoms with Gasteiger partial charge in [-0.05, 0) is 31.2 Å². The fourth-order valence-corrected chi connectivity index (χ4v) is 1.87. The summed E-state index contributed by atoms with van der Waals surface area (Å²) >= 11 is 0. The molecule has 0 amide bonds. The third-order valence-electron chi connectivity index (χ3n) is 2.95. The van der Waals surface area contributed by atoms with Crippen LogP contribution in [0.4, 0.5) is 0 Å². The number of aliphatic hydroxyl groups is 2. The van der Waals surface area contributed by atoms with Gasteiger partial charge in [0.1, 0.15) is 18.5 Å². The molecule has 0 saturated heterocycles. The van der Waals surface area contributed by atoms with Crippen LogP contribution in [0.15, 0.2) is 24.3 Å². The molecular formula is C15H22N2O3. The van der Waals surface area contributed by atoms with E-state index in [0.717, 1.165) is 13.1 Å². The lowest BCUT2D eigenvalue weighted by atomic mass is 10.2. The van der Waals surface area contributed by atoms with Gasteiger partial charge in [-0.15, -0.1) is 0 Å². The first-order valence-electron chi connectivity index (χ1n) is 6.83. The number of ether oxygens (including phenoxy) is 1. The highest BCUT2D eigenvalue weighted by Crippen LogP contribution is 2.12. The average Bonchev–Trinajstić information content (AvgIpc) is 2.49. The number of likely N-dealkylation sites (N-methyl/N-ethyl adjacent to an activating group) is 1. The van der Waals surface area contributed by atoms with E-state index in [2.05, 4.69) is 4.90 Å². The second-order valence-corrected chi connectivity index (χ2v) is 4.57. The van der Waals surface area contributed by atoms with E-state index in [9.17, 15) is 5.11 Å². The normalized spacial score (nSPS) is 12.2. The maximum absolute atomic E-state index is 9.94. The third-order valence-corrected chi connectivity index (χ3v) is 2.95. The summed E-state index contributed by atoms with van der Waals surface area (Å²) in [4.78, 5) is 2.07. The molecule has 0 fully saturated rings. The molecule has 0 saturated carbocycles. The molecule has 5 heteroatoms. The molecule has 2 N–H and O–H groups in total. The molecule has 0 bridgehead atoms. The highest BCUT2D eigenvalue weighted by Gasteiger charge is 2.11. The number of nitriles is 1. The summed E-state index contributed by atoms with van der Waals surface area (Å²) in [5.41, 5.74) is 0.537. The number of aliphatic hydroxyl groups excluding tert-OH is 2. The van der Waals surface area contributed by atoms with Crippen molar-refractivity contribution in [2.24, 2.45) is 0 Å². The molecule has 0 spiro atoms. The van der Waals surface area contributed by atoms with E-state index in [-0.39, 0.29) is 13.2 Å². The third kappa shape index (κ3) is 6.02. The SMILES string of the molecule is CCN(CCCO)CC(O)COc1cccc(C#N)c1. The molecule has 1 atom stereocenters. The van der Waals surface area contributed by atoms with Crippen LogP contribution in [-0.4, -0.2) is 54.1 Å². The van der Waals surface area contributed by atoms with Gasteiger partial charge in [0.25, 0.3) is 0 Å². The zero-order valence-electron chi connectivity index (χ0n) is 11.8. The molecule has 1 aromatic rings. The molecule has 1 aromatic carbocycles. The standard InChI is InChI=1S/C15H22N2O3/c1-2-17(7-4-8-18)11-14(19)12-20-15-6-3-5-13(9-15)10-16/h3,5-6,9,14,18-19H,2,4,7-8,11-12H2,1H3. The maximum atomic E-state index is 9.94. The van der Waals surface area contributed by atoms with Crippen molar-refractivity contribution < 1.29 is 14.9 Å². The van der Waals surface area contributed by atoms with Crippen LogP contribution in [0.2, 0.25) is 0 Å². The van der Waals surface area contributed by atoms with Gasteiger partial charge in [-0.3, -0.25) is 0 Å². The van der Waals surface area contributed by atoms with Gasteiger partial charge in [-0.2, -0.15) is 5.26 Å². The Morgan fingerprint density at radius 2 is 2.25 bits per heavy atom. The fraction of sp³-hybridized carbons (Fsp3) is 0.533. The van der Waals surface area contributed by atoms with Crippen LogP contribution >= 0.6 is 0 Å². The van der Waals surface area contributed by atoms with Crippen LogP contribution in [0.1, 0.15) is 18.9 Å². The second kappa shape index (κ2) is 9.32. The minimum atomic E-state index is -0.598. The molecule has 110 valence electrons. The van der Waals surface area contributed by atoms with Crippen molar-refractivity contribution in [2.75, 3.05) is 32.8 Å². The van der Waals surface area contributed by atoms with Crippen LogP contribution in [0.25, 0.3) is 0 Å². The van der Waals surface area contributed by atoms with E-state index < -0.39 is 6.10 Å². The van der Waals surface area contributed by atoms with Crippen molar-refractivity contribution >= 4 is 0 Å². The second-order valence-electron chi connectivity index (χ2n) is 4.57. The molecule has 5 nitrogen and oxygen atoms in total. The van der Waals surface area contributed by atoms with Crippen LogP contribution in [-0.2, 0) is 0 Å². The first-order valence-corrected chi connectivity index (χ1v) is 6.83. The Morgan fingerprint density at radius 3 is 2.90 bits per heavy atom. The quantitative estimate of drug-likeness (QED) is 0.705. The van der Waals surface area contributed by atoms with Crippen LogP contribution < -0.4 is 4.74 Å². The van der Waals surface area contributed by atoms with Crippen LogP contribution in [0.5, 0.6) is 5.75 Å². The van der Waals surface area contributed by atoms with Crippen molar-refractivity contribution in [2.45, 2.75) is 19.4 Å². The lowest BCUT2D eigenvalue weighted by molar-refractivity contribution is 0.0677. The van der Waals surface area contributed by atoms with Crippen molar-refractivity contribution in [1.29, 1.82) is 5.26 Å². The summed E-state index contributed by atoms with van der Waals surface area (Å²) in [5.74, 6) is 0.585. The minimum absolute atomic E-state index is 0.157. The Balaban J connectivity index is 2.38. The van der Waals surface area contributed by atoms with E-state index in [1.54, 1.807) is 24.3 Å². The highest BCUT2D eigenvalue weighted by atomic mass is 16.5. The summed E-state index contributed by atoms with van der Waals surface area (Å²) in [6, 6.07) is 8.91. The van der Waals surface area contributed by atoms with Gasteiger partial charge in [0, 0.05) is 19.7 Å². The topological polar surface area (TPSA) is 76.7 Å². The minimum Gasteiger partial charge on any atom is -0.491 e. The molecule has 0 heterocycles.